The van der Waals surface area contributed by atoms with Crippen molar-refractivity contribution in [3.63, 3.8) is 0 Å². The molecule has 0 spiro atoms. The summed E-state index contributed by atoms with van der Waals surface area (Å²) < 4.78 is 6.33. The molecule has 0 amide bonds. The number of hydrogen-bond acceptors (Lipinski definition) is 4. The monoisotopic (exact) mass is 576 g/mol. The predicted molar refractivity (Wildman–Crippen MR) is 162 cm³/mol. The van der Waals surface area contributed by atoms with Crippen LogP contribution < -0.4 is 4.74 Å². The smallest absolute Gasteiger partial charge is 0.215 e. The molecule has 0 aromatic carbocycles. The molecule has 0 aliphatic carbocycles. The van der Waals surface area contributed by atoms with Gasteiger partial charge in [0.15, 0.2) is 16.2 Å². The third-order valence-electron chi connectivity index (χ3n) is 7.57. The van der Waals surface area contributed by atoms with Gasteiger partial charge in [-0.15, -0.1) is 0 Å². The maximum atomic E-state index is 12.8. The molecule has 5 heteroatoms. The maximum Gasteiger partial charge on any atom is 0.215 e. The van der Waals surface area contributed by atoms with Gasteiger partial charge >= 0.3 is 0 Å². The standard InChI is InChI=1S/C32H53BrN2O2/c1-3-5-7-9-11-13-15-17-19-21-23-27-28-24-25-29(34-32(28)35-31(33)30(27)36)37-26-22-20-18-16-14-12-10-8-6-4-2/h24-25,27H,3-23,26H2,1-2H3. The summed E-state index contributed by atoms with van der Waals surface area (Å²) in [7, 11) is 0. The number of ether oxygens (including phenoxy) is 1. The SMILES string of the molecule is CCCCCCCCCCCCOc1ccc2c(n1)N=C(Br)C(=O)C2CCCCCCCCCCCC. The summed E-state index contributed by atoms with van der Waals surface area (Å²) >= 11 is 3.39. The van der Waals surface area contributed by atoms with Gasteiger partial charge < -0.3 is 4.74 Å². The molecule has 0 saturated heterocycles. The maximum absolute atomic E-state index is 12.8. The zero-order valence-corrected chi connectivity index (χ0v) is 25.5. The second-order valence-corrected chi connectivity index (χ2v) is 11.6. The average Bonchev–Trinajstić information content (AvgIpc) is 2.90. The normalized spacial score (nSPS) is 15.1. The van der Waals surface area contributed by atoms with E-state index in [2.05, 4.69) is 39.8 Å². The number of Topliss-reactive ketones (excluding diaryl/α,β-unsaturated/α-hetero) is 1. The highest BCUT2D eigenvalue weighted by Gasteiger charge is 2.30. The van der Waals surface area contributed by atoms with Crippen molar-refractivity contribution in [3.8, 4) is 5.88 Å². The first-order chi connectivity index (χ1) is 18.2. The Morgan fingerprint density at radius 3 is 1.73 bits per heavy atom. The molecule has 4 nitrogen and oxygen atoms in total. The molecular formula is C32H53BrN2O2. The Bertz CT molecular complexity index is 780. The van der Waals surface area contributed by atoms with E-state index in [4.69, 9.17) is 4.74 Å². The Balaban J connectivity index is 1.65. The second kappa shape index (κ2) is 20.7. The highest BCUT2D eigenvalue weighted by molar-refractivity contribution is 9.19. The molecule has 0 N–H and O–H groups in total. The Hall–Kier alpha value is -1.23. The third-order valence-corrected chi connectivity index (χ3v) is 8.14. The van der Waals surface area contributed by atoms with Gasteiger partial charge in [-0.1, -0.05) is 136 Å². The minimum atomic E-state index is -0.139. The van der Waals surface area contributed by atoms with Crippen molar-refractivity contribution < 1.29 is 9.53 Å². The Kier molecular flexibility index (Phi) is 17.9. The van der Waals surface area contributed by atoms with E-state index in [1.165, 1.54) is 116 Å². The Labute approximate surface area is 236 Å². The van der Waals surface area contributed by atoms with Crippen molar-refractivity contribution in [2.75, 3.05) is 6.61 Å². The summed E-state index contributed by atoms with van der Waals surface area (Å²) in [5, 5.41) is 0. The number of fused-ring (bicyclic) bond motifs is 1. The molecule has 1 aromatic rings. The summed E-state index contributed by atoms with van der Waals surface area (Å²) in [6.07, 6.45) is 27.0. The number of nitrogens with zero attached hydrogens (tertiary/aromatic N) is 2. The van der Waals surface area contributed by atoms with E-state index in [-0.39, 0.29) is 11.7 Å². The van der Waals surface area contributed by atoms with Crippen molar-refractivity contribution in [2.45, 2.75) is 155 Å². The van der Waals surface area contributed by atoms with Crippen LogP contribution in [-0.4, -0.2) is 22.0 Å². The fourth-order valence-electron chi connectivity index (χ4n) is 5.21. The lowest BCUT2D eigenvalue weighted by atomic mass is 9.88. The average molecular weight is 578 g/mol. The zero-order chi connectivity index (χ0) is 26.6. The van der Waals surface area contributed by atoms with Gasteiger partial charge in [0, 0.05) is 11.6 Å². The van der Waals surface area contributed by atoms with Crippen molar-refractivity contribution >= 4 is 32.2 Å². The minimum absolute atomic E-state index is 0.0873. The Morgan fingerprint density at radius 2 is 1.19 bits per heavy atom. The summed E-state index contributed by atoms with van der Waals surface area (Å²) in [4.78, 5) is 21.9. The van der Waals surface area contributed by atoms with Crippen LogP contribution in [0.3, 0.4) is 0 Å². The first kappa shape index (κ1) is 32.0. The molecule has 1 aliphatic rings. The zero-order valence-electron chi connectivity index (χ0n) is 23.9. The van der Waals surface area contributed by atoms with Crippen LogP contribution in [0.4, 0.5) is 5.82 Å². The second-order valence-electron chi connectivity index (χ2n) is 10.9. The molecule has 1 unspecified atom stereocenters. The molecule has 1 aromatic heterocycles. The molecule has 0 radical (unpaired) electrons. The molecule has 0 fully saturated rings. The molecule has 2 heterocycles. The number of halogens is 1. The van der Waals surface area contributed by atoms with Crippen LogP contribution in [-0.2, 0) is 4.79 Å². The first-order valence-corrected chi connectivity index (χ1v) is 16.4. The lowest BCUT2D eigenvalue weighted by Crippen LogP contribution is -2.22. The number of pyridine rings is 1. The van der Waals surface area contributed by atoms with Crippen molar-refractivity contribution in [3.05, 3.63) is 17.7 Å². The van der Waals surface area contributed by atoms with Crippen molar-refractivity contribution in [2.24, 2.45) is 4.99 Å². The van der Waals surface area contributed by atoms with E-state index in [9.17, 15) is 4.79 Å². The quantitative estimate of drug-likeness (QED) is 0.122. The van der Waals surface area contributed by atoms with Crippen LogP contribution in [0.15, 0.2) is 17.1 Å². The van der Waals surface area contributed by atoms with E-state index < -0.39 is 0 Å². The number of carbonyl (C=O) groups is 1. The van der Waals surface area contributed by atoms with Gasteiger partial charge in [-0.3, -0.25) is 4.79 Å². The van der Waals surface area contributed by atoms with Gasteiger partial charge in [0.25, 0.3) is 0 Å². The summed E-state index contributed by atoms with van der Waals surface area (Å²) in [5.41, 5.74) is 0.954. The molecule has 37 heavy (non-hydrogen) atoms. The van der Waals surface area contributed by atoms with Crippen molar-refractivity contribution in [1.29, 1.82) is 0 Å². The van der Waals surface area contributed by atoms with Gasteiger partial charge in [0.05, 0.1) is 12.5 Å². The third kappa shape index (κ3) is 13.4. The van der Waals surface area contributed by atoms with Gasteiger partial charge in [-0.25, -0.2) is 4.99 Å². The number of unbranched alkanes of at least 4 members (excludes halogenated alkanes) is 18. The van der Waals surface area contributed by atoms with Crippen LogP contribution in [0.25, 0.3) is 0 Å². The van der Waals surface area contributed by atoms with Crippen LogP contribution in [0, 0.1) is 0 Å². The predicted octanol–water partition coefficient (Wildman–Crippen LogP) is 10.8. The fourth-order valence-corrected chi connectivity index (χ4v) is 5.65. The summed E-state index contributed by atoms with van der Waals surface area (Å²) in [5.74, 6) is 1.21. The van der Waals surface area contributed by atoms with E-state index >= 15 is 0 Å². The number of carbonyl (C=O) groups excluding carboxylic acids is 1. The lowest BCUT2D eigenvalue weighted by Gasteiger charge is -2.21. The number of hydrogen-bond donors (Lipinski definition) is 0. The highest BCUT2D eigenvalue weighted by atomic mass is 79.9. The van der Waals surface area contributed by atoms with Gasteiger partial charge in [0.1, 0.15) is 0 Å². The number of aromatic nitrogens is 1. The van der Waals surface area contributed by atoms with E-state index in [1.54, 1.807) is 0 Å². The van der Waals surface area contributed by atoms with Crippen LogP contribution in [0.2, 0.25) is 0 Å². The molecule has 2 rings (SSSR count). The first-order valence-electron chi connectivity index (χ1n) is 15.6. The minimum Gasteiger partial charge on any atom is -0.478 e. The van der Waals surface area contributed by atoms with Crippen LogP contribution >= 0.6 is 15.9 Å². The molecule has 210 valence electrons. The van der Waals surface area contributed by atoms with Gasteiger partial charge in [0.2, 0.25) is 5.88 Å². The van der Waals surface area contributed by atoms with E-state index in [1.807, 2.05) is 12.1 Å². The molecule has 0 bridgehead atoms. The van der Waals surface area contributed by atoms with E-state index in [0.29, 0.717) is 22.9 Å². The van der Waals surface area contributed by atoms with Crippen molar-refractivity contribution in [1.82, 2.24) is 4.98 Å². The molecule has 1 atom stereocenters. The number of ketones is 1. The fraction of sp³-hybridized carbons (Fsp3) is 0.781. The summed E-state index contributed by atoms with van der Waals surface area (Å²) in [6, 6.07) is 3.93. The topological polar surface area (TPSA) is 51.6 Å². The van der Waals surface area contributed by atoms with Gasteiger partial charge in [-0.2, -0.15) is 4.98 Å². The molecule has 1 aliphatic heterocycles. The van der Waals surface area contributed by atoms with Gasteiger partial charge in [-0.05, 0) is 34.8 Å². The van der Waals surface area contributed by atoms with Crippen LogP contribution in [0.5, 0.6) is 5.88 Å². The molecule has 0 saturated carbocycles. The van der Waals surface area contributed by atoms with Crippen LogP contribution in [0.1, 0.15) is 160 Å². The highest BCUT2D eigenvalue weighted by Crippen LogP contribution is 2.37. The largest absolute Gasteiger partial charge is 0.478 e. The molecular weight excluding hydrogens is 524 g/mol. The number of rotatable bonds is 23. The number of aliphatic imine (C=N–C) groups is 1. The lowest BCUT2D eigenvalue weighted by molar-refractivity contribution is -0.114. The Morgan fingerprint density at radius 1 is 0.703 bits per heavy atom. The summed E-state index contributed by atoms with van der Waals surface area (Å²) in [6.45, 7) is 5.22. The van der Waals surface area contributed by atoms with E-state index in [0.717, 1.165) is 24.8 Å².